The summed E-state index contributed by atoms with van der Waals surface area (Å²) in [7, 11) is 1.37. The van der Waals surface area contributed by atoms with Crippen LogP contribution in [0.3, 0.4) is 0 Å². The molecule has 0 saturated heterocycles. The van der Waals surface area contributed by atoms with Crippen LogP contribution >= 0.6 is 23.1 Å². The average Bonchev–Trinajstić information content (AvgIpc) is 2.90. The largest absolute Gasteiger partial charge is 0.468 e. The molecular weight excluding hydrogens is 320 g/mol. The third-order valence-corrected chi connectivity index (χ3v) is 6.30. The van der Waals surface area contributed by atoms with Gasteiger partial charge in [-0.1, -0.05) is 18.7 Å². The maximum Gasteiger partial charge on any atom is 0.319 e. The van der Waals surface area contributed by atoms with Crippen LogP contribution in [0.1, 0.15) is 36.6 Å². The minimum absolute atomic E-state index is 0.0911. The number of aromatic nitrogens is 2. The predicted molar refractivity (Wildman–Crippen MR) is 88.8 cm³/mol. The van der Waals surface area contributed by atoms with Crippen LogP contribution in [0.2, 0.25) is 0 Å². The van der Waals surface area contributed by atoms with Crippen molar-refractivity contribution in [2.45, 2.75) is 49.4 Å². The fraction of sp³-hybridized carbons (Fsp3) is 0.533. The second-order valence-corrected chi connectivity index (χ2v) is 7.58. The van der Waals surface area contributed by atoms with E-state index in [1.807, 2.05) is 6.92 Å². The molecule has 0 aromatic carbocycles. The Morgan fingerprint density at radius 3 is 2.95 bits per heavy atom. The Labute approximate surface area is 136 Å². The summed E-state index contributed by atoms with van der Waals surface area (Å²) in [6, 6.07) is 0. The van der Waals surface area contributed by atoms with E-state index in [0.29, 0.717) is 11.6 Å². The van der Waals surface area contributed by atoms with Crippen molar-refractivity contribution in [3.63, 3.8) is 0 Å². The Hall–Kier alpha value is -1.34. The molecule has 3 rings (SSSR count). The predicted octanol–water partition coefficient (Wildman–Crippen LogP) is 2.91. The Morgan fingerprint density at radius 2 is 2.23 bits per heavy atom. The molecule has 2 aromatic rings. The number of nitrogens with one attached hydrogen (secondary N) is 1. The van der Waals surface area contributed by atoms with Crippen molar-refractivity contribution in [1.82, 2.24) is 9.97 Å². The van der Waals surface area contributed by atoms with E-state index in [1.165, 1.54) is 35.7 Å². The van der Waals surface area contributed by atoms with Crippen molar-refractivity contribution in [2.75, 3.05) is 7.11 Å². The molecule has 1 aliphatic carbocycles. The molecule has 2 aromatic heterocycles. The van der Waals surface area contributed by atoms with Gasteiger partial charge in [-0.25, -0.2) is 4.98 Å². The maximum atomic E-state index is 12.4. The van der Waals surface area contributed by atoms with E-state index in [4.69, 9.17) is 4.74 Å². The van der Waals surface area contributed by atoms with Crippen LogP contribution in [0.5, 0.6) is 0 Å². The summed E-state index contributed by atoms with van der Waals surface area (Å²) in [4.78, 5) is 33.6. The topological polar surface area (TPSA) is 72.0 Å². The number of H-pyrrole nitrogens is 1. The molecule has 5 nitrogen and oxygen atoms in total. The molecular formula is C15H18N2O3S2. The number of fused-ring (bicyclic) bond motifs is 3. The van der Waals surface area contributed by atoms with Crippen molar-refractivity contribution < 1.29 is 9.53 Å². The summed E-state index contributed by atoms with van der Waals surface area (Å²) in [5.74, 6) is -0.291. The zero-order valence-corrected chi connectivity index (χ0v) is 14.2. The van der Waals surface area contributed by atoms with E-state index in [9.17, 15) is 9.59 Å². The first-order valence-corrected chi connectivity index (χ1v) is 9.12. The van der Waals surface area contributed by atoms with E-state index in [0.717, 1.165) is 29.5 Å². The van der Waals surface area contributed by atoms with Crippen LogP contribution in [0.15, 0.2) is 9.95 Å². The molecule has 0 spiro atoms. The number of nitrogens with zero attached hydrogens (tertiary/aromatic N) is 1. The molecule has 1 N–H and O–H groups in total. The molecule has 7 heteroatoms. The third-order valence-electron chi connectivity index (χ3n) is 3.89. The molecule has 1 atom stereocenters. The first-order valence-electron chi connectivity index (χ1n) is 7.43. The molecule has 22 heavy (non-hydrogen) atoms. The van der Waals surface area contributed by atoms with Crippen LogP contribution in [0.4, 0.5) is 0 Å². The van der Waals surface area contributed by atoms with Crippen LogP contribution < -0.4 is 5.56 Å². The molecule has 2 heterocycles. The highest BCUT2D eigenvalue weighted by Crippen LogP contribution is 2.34. The lowest BCUT2D eigenvalue weighted by molar-refractivity contribution is -0.140. The van der Waals surface area contributed by atoms with Crippen molar-refractivity contribution >= 4 is 39.3 Å². The number of hydrogen-bond donors (Lipinski definition) is 1. The molecule has 1 aliphatic rings. The number of aryl methyl sites for hydroxylation is 2. The van der Waals surface area contributed by atoms with Crippen LogP contribution in [0, 0.1) is 0 Å². The van der Waals surface area contributed by atoms with E-state index in [-0.39, 0.29) is 16.8 Å². The quantitative estimate of drug-likeness (QED) is 0.527. The number of rotatable bonds is 4. The second kappa shape index (κ2) is 6.42. The summed E-state index contributed by atoms with van der Waals surface area (Å²) in [6.45, 7) is 1.91. The van der Waals surface area contributed by atoms with Crippen LogP contribution in [-0.4, -0.2) is 28.3 Å². The van der Waals surface area contributed by atoms with E-state index in [1.54, 1.807) is 11.3 Å². The first-order chi connectivity index (χ1) is 10.6. The number of carbonyl (C=O) groups excluding carboxylic acids is 1. The molecule has 0 unspecified atom stereocenters. The van der Waals surface area contributed by atoms with Gasteiger partial charge >= 0.3 is 5.97 Å². The molecule has 0 amide bonds. The molecule has 118 valence electrons. The monoisotopic (exact) mass is 338 g/mol. The number of aromatic amines is 1. The molecule has 0 aliphatic heterocycles. The van der Waals surface area contributed by atoms with Gasteiger partial charge in [-0.05, 0) is 37.7 Å². The van der Waals surface area contributed by atoms with Gasteiger partial charge in [-0.3, -0.25) is 9.59 Å². The number of thiophene rings is 1. The lowest BCUT2D eigenvalue weighted by Crippen LogP contribution is -2.19. The van der Waals surface area contributed by atoms with Gasteiger partial charge in [0.2, 0.25) is 0 Å². The standard InChI is InChI=1S/C15H18N2O3S2/c1-3-9(14(19)20-2)22-15-16-12(18)11-8-6-4-5-7-10(8)21-13(11)17-15/h9H,3-7H2,1-2H3,(H,16,17,18)/t9-/m1/s1. The Kier molecular flexibility index (Phi) is 4.54. The van der Waals surface area contributed by atoms with Gasteiger partial charge in [0.15, 0.2) is 5.16 Å². The molecule has 0 fully saturated rings. The zero-order chi connectivity index (χ0) is 15.7. The third kappa shape index (κ3) is 2.79. The van der Waals surface area contributed by atoms with Crippen molar-refractivity contribution in [2.24, 2.45) is 0 Å². The number of thioether (sulfide) groups is 1. The minimum atomic E-state index is -0.347. The second-order valence-electron chi connectivity index (χ2n) is 5.30. The highest BCUT2D eigenvalue weighted by Gasteiger charge is 2.23. The van der Waals surface area contributed by atoms with Gasteiger partial charge in [0.25, 0.3) is 5.56 Å². The van der Waals surface area contributed by atoms with Gasteiger partial charge in [0.05, 0.1) is 12.5 Å². The van der Waals surface area contributed by atoms with E-state index in [2.05, 4.69) is 9.97 Å². The minimum Gasteiger partial charge on any atom is -0.468 e. The molecule has 0 saturated carbocycles. The number of hydrogen-bond acceptors (Lipinski definition) is 6. The summed E-state index contributed by atoms with van der Waals surface area (Å²) >= 11 is 2.88. The SMILES string of the molecule is CC[C@@H](Sc1nc2sc3c(c2c(=O)[nH]1)CCCC3)C(=O)OC. The van der Waals surface area contributed by atoms with Crippen LogP contribution in [-0.2, 0) is 22.4 Å². The Balaban J connectivity index is 1.99. The van der Waals surface area contributed by atoms with Crippen molar-refractivity contribution in [3.8, 4) is 0 Å². The highest BCUT2D eigenvalue weighted by atomic mass is 32.2. The molecule has 0 bridgehead atoms. The van der Waals surface area contributed by atoms with E-state index >= 15 is 0 Å². The van der Waals surface area contributed by atoms with Gasteiger partial charge in [0.1, 0.15) is 10.1 Å². The summed E-state index contributed by atoms with van der Waals surface area (Å²) < 4.78 is 4.78. The summed E-state index contributed by atoms with van der Waals surface area (Å²) in [5, 5.41) is 0.892. The average molecular weight is 338 g/mol. The first kappa shape index (κ1) is 15.6. The van der Waals surface area contributed by atoms with Gasteiger partial charge in [-0.15, -0.1) is 11.3 Å². The number of esters is 1. The lowest BCUT2D eigenvalue weighted by atomic mass is 9.97. The van der Waals surface area contributed by atoms with Crippen molar-refractivity contribution in [3.05, 3.63) is 20.8 Å². The smallest absolute Gasteiger partial charge is 0.319 e. The number of ether oxygens (including phenoxy) is 1. The summed E-state index contributed by atoms with van der Waals surface area (Å²) in [6.07, 6.45) is 4.94. The number of methoxy groups -OCH3 is 1. The van der Waals surface area contributed by atoms with Gasteiger partial charge in [-0.2, -0.15) is 0 Å². The maximum absolute atomic E-state index is 12.4. The van der Waals surface area contributed by atoms with E-state index < -0.39 is 0 Å². The van der Waals surface area contributed by atoms with Gasteiger partial charge < -0.3 is 9.72 Å². The normalized spacial score (nSPS) is 15.5. The van der Waals surface area contributed by atoms with Gasteiger partial charge in [0, 0.05) is 4.88 Å². The number of carbonyl (C=O) groups is 1. The Morgan fingerprint density at radius 1 is 1.45 bits per heavy atom. The molecule has 0 radical (unpaired) electrons. The zero-order valence-electron chi connectivity index (χ0n) is 12.6. The van der Waals surface area contributed by atoms with Crippen molar-refractivity contribution in [1.29, 1.82) is 0 Å². The fourth-order valence-electron chi connectivity index (χ4n) is 2.76. The fourth-order valence-corrected chi connectivity index (χ4v) is 5.01. The van der Waals surface area contributed by atoms with Crippen LogP contribution in [0.25, 0.3) is 10.2 Å². The lowest BCUT2D eigenvalue weighted by Gasteiger charge is -2.11. The summed E-state index contributed by atoms with van der Waals surface area (Å²) in [5.41, 5.74) is 1.09. The Bertz CT molecular complexity index is 766. The highest BCUT2D eigenvalue weighted by molar-refractivity contribution is 8.00.